The lowest BCUT2D eigenvalue weighted by atomic mass is 10.1. The molecule has 0 spiro atoms. The molecule has 0 aliphatic carbocycles. The van der Waals surface area contributed by atoms with Crippen LogP contribution in [-0.2, 0) is 16.1 Å². The number of aromatic nitrogens is 4. The second-order valence-corrected chi connectivity index (χ2v) is 7.37. The highest BCUT2D eigenvalue weighted by atomic mass is 32.2. The largest absolute Gasteiger partial charge is 0.459 e. The number of fused-ring (bicyclic) bond motifs is 1. The molecule has 0 unspecified atom stereocenters. The molecule has 0 atom stereocenters. The summed E-state index contributed by atoms with van der Waals surface area (Å²) in [4.78, 5) is 28.1. The summed E-state index contributed by atoms with van der Waals surface area (Å²) in [5, 5.41) is 4.60. The minimum Gasteiger partial charge on any atom is -0.459 e. The Balaban J connectivity index is 2.05. The van der Waals surface area contributed by atoms with Gasteiger partial charge in [0, 0.05) is 23.3 Å². The molecule has 0 bridgehead atoms. The first kappa shape index (κ1) is 18.9. The summed E-state index contributed by atoms with van der Waals surface area (Å²) in [5.74, 6) is -0.848. The van der Waals surface area contributed by atoms with Crippen molar-refractivity contribution in [2.24, 2.45) is 5.73 Å². The van der Waals surface area contributed by atoms with Crippen LogP contribution in [0, 0.1) is 0 Å². The van der Waals surface area contributed by atoms with Gasteiger partial charge in [0.2, 0.25) is 0 Å². The van der Waals surface area contributed by atoms with Crippen LogP contribution in [0.5, 0.6) is 0 Å². The van der Waals surface area contributed by atoms with Crippen molar-refractivity contribution >= 4 is 35.1 Å². The van der Waals surface area contributed by atoms with Crippen molar-refractivity contribution in [3.8, 4) is 11.4 Å². The number of primary amides is 1. The van der Waals surface area contributed by atoms with Crippen LogP contribution in [0.2, 0.25) is 0 Å². The molecule has 0 saturated heterocycles. The fourth-order valence-corrected chi connectivity index (χ4v) is 2.98. The Morgan fingerprint density at radius 2 is 2.07 bits per heavy atom. The van der Waals surface area contributed by atoms with E-state index >= 15 is 0 Å². The Morgan fingerprint density at radius 1 is 1.33 bits per heavy atom. The van der Waals surface area contributed by atoms with E-state index < -0.39 is 17.5 Å². The number of hydrogen-bond donors (Lipinski definition) is 1. The quantitative estimate of drug-likeness (QED) is 0.671. The number of ether oxygens (including phenoxy) is 1. The molecule has 0 saturated carbocycles. The van der Waals surface area contributed by atoms with Gasteiger partial charge in [-0.1, -0.05) is 0 Å². The molecule has 3 aromatic rings. The van der Waals surface area contributed by atoms with Gasteiger partial charge in [0.25, 0.3) is 5.91 Å². The number of esters is 1. The molecule has 0 aliphatic heterocycles. The highest BCUT2D eigenvalue weighted by molar-refractivity contribution is 7.92. The summed E-state index contributed by atoms with van der Waals surface area (Å²) in [6.45, 7) is 5.12. The first-order valence-corrected chi connectivity index (χ1v) is 8.72. The molecular weight excluding hydrogens is 373 g/mol. The fourth-order valence-electron chi connectivity index (χ4n) is 2.67. The fraction of sp³-hybridized carbons (Fsp3) is 0.294. The van der Waals surface area contributed by atoms with Gasteiger partial charge in [-0.15, -0.1) is 3.89 Å². The predicted molar refractivity (Wildman–Crippen MR) is 99.4 cm³/mol. The van der Waals surface area contributed by atoms with Gasteiger partial charge in [-0.05, 0) is 39.0 Å². The first-order chi connectivity index (χ1) is 12.7. The number of amides is 1. The Labute approximate surface area is 158 Å². The average molecular weight is 391 g/mol. The number of nitrogens with zero attached hydrogens (tertiary/aromatic N) is 4. The third kappa shape index (κ3) is 3.95. The minimum atomic E-state index is -0.733. The number of rotatable bonds is 5. The summed E-state index contributed by atoms with van der Waals surface area (Å²) < 4.78 is 20.9. The topological polar surface area (TPSA) is 105 Å². The zero-order valence-electron chi connectivity index (χ0n) is 15.0. The summed E-state index contributed by atoms with van der Waals surface area (Å²) in [6, 6.07) is 5.02. The molecular formula is C17H18FN5O3S. The van der Waals surface area contributed by atoms with Gasteiger partial charge in [-0.3, -0.25) is 14.3 Å². The summed E-state index contributed by atoms with van der Waals surface area (Å²) in [6.07, 6.45) is 2.94. The van der Waals surface area contributed by atoms with Gasteiger partial charge in [-0.2, -0.15) is 5.10 Å². The molecule has 2 heterocycles. The number of halogens is 1. The molecule has 2 N–H and O–H groups in total. The van der Waals surface area contributed by atoms with Gasteiger partial charge in [-0.25, -0.2) is 8.96 Å². The van der Waals surface area contributed by atoms with Gasteiger partial charge in [0.15, 0.2) is 23.9 Å². The number of nitrogens with two attached hydrogens (primary N) is 1. The van der Waals surface area contributed by atoms with Gasteiger partial charge < -0.3 is 10.5 Å². The van der Waals surface area contributed by atoms with Crippen LogP contribution in [0.3, 0.4) is 0 Å². The van der Waals surface area contributed by atoms with Crippen LogP contribution in [0.15, 0.2) is 30.6 Å². The van der Waals surface area contributed by atoms with Crippen molar-refractivity contribution in [1.29, 1.82) is 0 Å². The summed E-state index contributed by atoms with van der Waals surface area (Å²) in [5.41, 5.74) is 5.92. The first-order valence-electron chi connectivity index (χ1n) is 8.04. The number of carbonyl (C=O) groups excluding carboxylic acids is 2. The maximum absolute atomic E-state index is 13.0. The van der Waals surface area contributed by atoms with E-state index in [9.17, 15) is 13.5 Å². The lowest BCUT2D eigenvalue weighted by Crippen LogP contribution is -2.27. The predicted octanol–water partition coefficient (Wildman–Crippen LogP) is 2.72. The van der Waals surface area contributed by atoms with Crippen molar-refractivity contribution in [2.75, 3.05) is 0 Å². The van der Waals surface area contributed by atoms with E-state index in [0.717, 1.165) is 0 Å². The van der Waals surface area contributed by atoms with Crippen LogP contribution in [0.4, 0.5) is 3.89 Å². The van der Waals surface area contributed by atoms with E-state index in [1.54, 1.807) is 39.0 Å². The van der Waals surface area contributed by atoms with Gasteiger partial charge in [0.1, 0.15) is 12.1 Å². The van der Waals surface area contributed by atoms with E-state index in [4.69, 9.17) is 10.5 Å². The number of benzene rings is 1. The van der Waals surface area contributed by atoms with Gasteiger partial charge in [0.05, 0.1) is 5.52 Å². The minimum absolute atomic E-state index is 0.0122. The highest BCUT2D eigenvalue weighted by Gasteiger charge is 2.21. The van der Waals surface area contributed by atoms with Crippen molar-refractivity contribution < 1.29 is 18.2 Å². The number of carbonyl (C=O) groups is 2. The number of hydrogen-bond acceptors (Lipinski definition) is 6. The zero-order valence-corrected chi connectivity index (χ0v) is 15.8. The van der Waals surface area contributed by atoms with Crippen molar-refractivity contribution in [2.45, 2.75) is 32.9 Å². The monoisotopic (exact) mass is 391 g/mol. The second-order valence-electron chi connectivity index (χ2n) is 6.83. The van der Waals surface area contributed by atoms with E-state index in [2.05, 4.69) is 10.1 Å². The molecule has 10 heteroatoms. The lowest BCUT2D eigenvalue weighted by Gasteiger charge is -2.19. The van der Waals surface area contributed by atoms with Crippen LogP contribution in [0.25, 0.3) is 22.3 Å². The smallest absolute Gasteiger partial charge is 0.328 e. The molecule has 0 fully saturated rings. The number of imidazole rings is 1. The molecule has 1 amide bonds. The second kappa shape index (κ2) is 7.03. The third-order valence-electron chi connectivity index (χ3n) is 3.62. The SMILES string of the molecule is CC(C)(C)OC(=O)Cn1nc(C(N)=O)c2cc(-c3nccn3SF)ccc21. The molecule has 142 valence electrons. The molecule has 1 aromatic carbocycles. The van der Waals surface area contributed by atoms with Crippen LogP contribution >= 0.6 is 12.3 Å². The molecule has 0 aliphatic rings. The van der Waals surface area contributed by atoms with E-state index in [1.807, 2.05) is 0 Å². The Hall–Kier alpha value is -2.88. The normalized spacial score (nSPS) is 11.7. The van der Waals surface area contributed by atoms with Crippen molar-refractivity contribution in [1.82, 2.24) is 18.7 Å². The molecule has 27 heavy (non-hydrogen) atoms. The zero-order chi connectivity index (χ0) is 19.8. The van der Waals surface area contributed by atoms with E-state index in [-0.39, 0.29) is 24.6 Å². The van der Waals surface area contributed by atoms with Crippen molar-refractivity contribution in [3.05, 3.63) is 36.3 Å². The molecule has 8 nitrogen and oxygen atoms in total. The summed E-state index contributed by atoms with van der Waals surface area (Å²) >= 11 is 0.0122. The Bertz CT molecular complexity index is 1020. The molecule has 3 rings (SSSR count). The van der Waals surface area contributed by atoms with Crippen LogP contribution in [0.1, 0.15) is 31.3 Å². The maximum atomic E-state index is 13.0. The molecule has 0 radical (unpaired) electrons. The van der Waals surface area contributed by atoms with E-state index in [0.29, 0.717) is 22.3 Å². The third-order valence-corrected chi connectivity index (χ3v) is 4.07. The Kier molecular flexibility index (Phi) is 4.92. The van der Waals surface area contributed by atoms with Crippen LogP contribution in [-0.4, -0.2) is 36.2 Å². The lowest BCUT2D eigenvalue weighted by molar-refractivity contribution is -0.155. The van der Waals surface area contributed by atoms with Crippen molar-refractivity contribution in [3.63, 3.8) is 0 Å². The standard InChI is InChI=1S/C17H18FN5O3S/c1-17(2,3)26-13(24)9-22-12-5-4-10(16-20-6-7-23(16)27-18)8-11(12)14(21-22)15(19)25/h4-8H,9H2,1-3H3,(H2,19,25). The van der Waals surface area contributed by atoms with Crippen LogP contribution < -0.4 is 5.73 Å². The molecule has 2 aromatic heterocycles. The Morgan fingerprint density at radius 3 is 2.70 bits per heavy atom. The maximum Gasteiger partial charge on any atom is 0.328 e. The average Bonchev–Trinajstić information content (AvgIpc) is 3.17. The highest BCUT2D eigenvalue weighted by Crippen LogP contribution is 2.28. The summed E-state index contributed by atoms with van der Waals surface area (Å²) in [7, 11) is 0. The van der Waals surface area contributed by atoms with Gasteiger partial charge >= 0.3 is 5.97 Å². The van der Waals surface area contributed by atoms with E-state index in [1.165, 1.54) is 21.0 Å².